The van der Waals surface area contributed by atoms with Gasteiger partial charge in [-0.3, -0.25) is 4.79 Å². The molecule has 0 bridgehead atoms. The van der Waals surface area contributed by atoms with Crippen LogP contribution in [0, 0.1) is 19.8 Å². The minimum atomic E-state index is 0.0914. The van der Waals surface area contributed by atoms with Gasteiger partial charge in [0, 0.05) is 11.4 Å². The molecular weight excluding hydrogens is 210 g/mol. The lowest BCUT2D eigenvalue weighted by molar-refractivity contribution is -0.119. The Kier molecular flexibility index (Phi) is 3.02. The summed E-state index contributed by atoms with van der Waals surface area (Å²) in [5, 5.41) is 6.78. The van der Waals surface area contributed by atoms with Gasteiger partial charge in [0.25, 0.3) is 0 Å². The molecule has 0 aliphatic carbocycles. The normalized spacial score (nSPS) is 20.5. The minimum Gasteiger partial charge on any atom is -0.316 e. The number of carbonyl (C=O) groups excluding carboxylic acids is 1. The molecule has 15 heavy (non-hydrogen) atoms. The molecule has 1 aliphatic rings. The summed E-state index contributed by atoms with van der Waals surface area (Å²) in [5.41, 5.74) is 1.000. The van der Waals surface area contributed by atoms with Crippen LogP contribution >= 0.6 is 11.3 Å². The highest BCUT2D eigenvalue weighted by Gasteiger charge is 2.23. The van der Waals surface area contributed by atoms with Crippen molar-refractivity contribution in [2.45, 2.75) is 20.3 Å². The van der Waals surface area contributed by atoms with Gasteiger partial charge in [0.2, 0.25) is 5.91 Å². The van der Waals surface area contributed by atoms with E-state index in [1.54, 1.807) is 0 Å². The first kappa shape index (κ1) is 10.6. The van der Waals surface area contributed by atoms with Crippen molar-refractivity contribution in [3.63, 3.8) is 0 Å². The van der Waals surface area contributed by atoms with Crippen LogP contribution in [0.3, 0.4) is 0 Å². The predicted octanol–water partition coefficient (Wildman–Crippen LogP) is 1.31. The van der Waals surface area contributed by atoms with E-state index in [0.717, 1.165) is 35.2 Å². The summed E-state index contributed by atoms with van der Waals surface area (Å²) >= 11 is 1.54. The molecule has 0 radical (unpaired) electrons. The second-order valence-electron chi connectivity index (χ2n) is 3.84. The number of thiazole rings is 1. The standard InChI is InChI=1S/C10H15N3OS/c1-6-7(2)15-10(12-6)13-9(14)8-3-4-11-5-8/h8,11H,3-5H2,1-2H3,(H,12,13,14)/t8-/m0/s1. The molecule has 1 saturated heterocycles. The molecule has 82 valence electrons. The zero-order valence-corrected chi connectivity index (χ0v) is 9.78. The number of anilines is 1. The molecular formula is C10H15N3OS. The molecule has 1 fully saturated rings. The molecule has 1 aromatic rings. The lowest BCUT2D eigenvalue weighted by Gasteiger charge is -2.06. The highest BCUT2D eigenvalue weighted by Crippen LogP contribution is 2.22. The summed E-state index contributed by atoms with van der Waals surface area (Å²) in [5.74, 6) is 0.197. The SMILES string of the molecule is Cc1nc(NC(=O)[C@H]2CCNC2)sc1C. The van der Waals surface area contributed by atoms with Crippen molar-refractivity contribution < 1.29 is 4.79 Å². The van der Waals surface area contributed by atoms with Crippen LogP contribution in [0.2, 0.25) is 0 Å². The summed E-state index contributed by atoms with van der Waals surface area (Å²) < 4.78 is 0. The molecule has 2 heterocycles. The maximum Gasteiger partial charge on any atom is 0.230 e. The molecule has 0 saturated carbocycles. The van der Waals surface area contributed by atoms with Crippen molar-refractivity contribution in [3.05, 3.63) is 10.6 Å². The monoisotopic (exact) mass is 225 g/mol. The average Bonchev–Trinajstić information content (AvgIpc) is 2.77. The van der Waals surface area contributed by atoms with Crippen LogP contribution in [-0.4, -0.2) is 24.0 Å². The fraction of sp³-hybridized carbons (Fsp3) is 0.600. The molecule has 0 aromatic carbocycles. The number of nitrogens with one attached hydrogen (secondary N) is 2. The lowest BCUT2D eigenvalue weighted by atomic mass is 10.1. The first-order valence-electron chi connectivity index (χ1n) is 5.12. The van der Waals surface area contributed by atoms with Crippen molar-refractivity contribution in [1.29, 1.82) is 0 Å². The van der Waals surface area contributed by atoms with Crippen molar-refractivity contribution in [2.24, 2.45) is 5.92 Å². The second kappa shape index (κ2) is 4.28. The van der Waals surface area contributed by atoms with Crippen LogP contribution < -0.4 is 10.6 Å². The van der Waals surface area contributed by atoms with E-state index in [-0.39, 0.29) is 11.8 Å². The quantitative estimate of drug-likeness (QED) is 0.798. The Labute approximate surface area is 93.1 Å². The van der Waals surface area contributed by atoms with Crippen molar-refractivity contribution >= 4 is 22.4 Å². The summed E-state index contributed by atoms with van der Waals surface area (Å²) in [6.07, 6.45) is 0.926. The molecule has 0 unspecified atom stereocenters. The van der Waals surface area contributed by atoms with Gasteiger partial charge in [0.05, 0.1) is 11.6 Å². The first-order valence-corrected chi connectivity index (χ1v) is 5.94. The average molecular weight is 225 g/mol. The molecule has 0 spiro atoms. The molecule has 4 nitrogen and oxygen atoms in total. The van der Waals surface area contributed by atoms with E-state index in [0.29, 0.717) is 0 Å². The molecule has 5 heteroatoms. The van der Waals surface area contributed by atoms with Crippen LogP contribution in [0.25, 0.3) is 0 Å². The van der Waals surface area contributed by atoms with Gasteiger partial charge in [-0.05, 0) is 26.8 Å². The first-order chi connectivity index (χ1) is 7.16. The van der Waals surface area contributed by atoms with E-state index >= 15 is 0 Å². The number of hydrogen-bond acceptors (Lipinski definition) is 4. The maximum atomic E-state index is 11.8. The Morgan fingerprint density at radius 1 is 1.60 bits per heavy atom. The maximum absolute atomic E-state index is 11.8. The molecule has 1 aromatic heterocycles. The van der Waals surface area contributed by atoms with Gasteiger partial charge in [-0.25, -0.2) is 4.98 Å². The Morgan fingerprint density at radius 2 is 2.40 bits per heavy atom. The van der Waals surface area contributed by atoms with E-state index in [4.69, 9.17) is 0 Å². The van der Waals surface area contributed by atoms with Crippen LogP contribution in [0.1, 0.15) is 17.0 Å². The molecule has 1 atom stereocenters. The predicted molar refractivity (Wildman–Crippen MR) is 61.2 cm³/mol. The number of hydrogen-bond donors (Lipinski definition) is 2. The molecule has 1 amide bonds. The highest BCUT2D eigenvalue weighted by molar-refractivity contribution is 7.15. The van der Waals surface area contributed by atoms with Gasteiger partial charge >= 0.3 is 0 Å². The third-order valence-corrected chi connectivity index (χ3v) is 3.68. The van der Waals surface area contributed by atoms with E-state index in [9.17, 15) is 4.79 Å². The molecule has 2 N–H and O–H groups in total. The van der Waals surface area contributed by atoms with Gasteiger partial charge in [0.1, 0.15) is 0 Å². The summed E-state index contributed by atoms with van der Waals surface area (Å²) in [7, 11) is 0. The van der Waals surface area contributed by atoms with Crippen LogP contribution in [0.5, 0.6) is 0 Å². The van der Waals surface area contributed by atoms with E-state index in [1.807, 2.05) is 13.8 Å². The van der Waals surface area contributed by atoms with Gasteiger partial charge in [-0.1, -0.05) is 0 Å². The lowest BCUT2D eigenvalue weighted by Crippen LogP contribution is -2.24. The van der Waals surface area contributed by atoms with Gasteiger partial charge < -0.3 is 10.6 Å². The third-order valence-electron chi connectivity index (χ3n) is 2.69. The van der Waals surface area contributed by atoms with Crippen molar-refractivity contribution in [2.75, 3.05) is 18.4 Å². The number of rotatable bonds is 2. The zero-order valence-electron chi connectivity index (χ0n) is 8.96. The fourth-order valence-corrected chi connectivity index (χ4v) is 2.43. The van der Waals surface area contributed by atoms with Gasteiger partial charge in [0.15, 0.2) is 5.13 Å². The molecule has 2 rings (SSSR count). The number of aromatic nitrogens is 1. The summed E-state index contributed by atoms with van der Waals surface area (Å²) in [6, 6.07) is 0. The Bertz CT molecular complexity index is 349. The highest BCUT2D eigenvalue weighted by atomic mass is 32.1. The fourth-order valence-electron chi connectivity index (χ4n) is 1.61. The van der Waals surface area contributed by atoms with E-state index < -0.39 is 0 Å². The van der Waals surface area contributed by atoms with Crippen LogP contribution in [0.4, 0.5) is 5.13 Å². The number of amides is 1. The van der Waals surface area contributed by atoms with E-state index in [1.165, 1.54) is 11.3 Å². The van der Waals surface area contributed by atoms with Crippen molar-refractivity contribution in [3.8, 4) is 0 Å². The smallest absolute Gasteiger partial charge is 0.230 e. The van der Waals surface area contributed by atoms with E-state index in [2.05, 4.69) is 15.6 Å². The van der Waals surface area contributed by atoms with Crippen LogP contribution in [-0.2, 0) is 4.79 Å². The number of aryl methyl sites for hydroxylation is 2. The Balaban J connectivity index is 1.99. The van der Waals surface area contributed by atoms with Gasteiger partial charge in [-0.2, -0.15) is 0 Å². The second-order valence-corrected chi connectivity index (χ2v) is 5.04. The number of nitrogens with zero attached hydrogens (tertiary/aromatic N) is 1. The van der Waals surface area contributed by atoms with Gasteiger partial charge in [-0.15, -0.1) is 11.3 Å². The zero-order chi connectivity index (χ0) is 10.8. The minimum absolute atomic E-state index is 0.0914. The Morgan fingerprint density at radius 3 is 2.93 bits per heavy atom. The van der Waals surface area contributed by atoms with Crippen LogP contribution in [0.15, 0.2) is 0 Å². The summed E-state index contributed by atoms with van der Waals surface area (Å²) in [4.78, 5) is 17.2. The topological polar surface area (TPSA) is 54.0 Å². The third kappa shape index (κ3) is 2.35. The number of carbonyl (C=O) groups is 1. The largest absolute Gasteiger partial charge is 0.316 e. The Hall–Kier alpha value is -0.940. The molecule has 1 aliphatic heterocycles. The van der Waals surface area contributed by atoms with Crippen molar-refractivity contribution in [1.82, 2.24) is 10.3 Å². The summed E-state index contributed by atoms with van der Waals surface area (Å²) in [6.45, 7) is 5.70.